The highest BCUT2D eigenvalue weighted by Gasteiger charge is 2.29. The SMILES string of the molecule is CCCNC(CCN1C(C)CCC1CC)c1ccccc1. The van der Waals surface area contributed by atoms with Gasteiger partial charge in [-0.2, -0.15) is 0 Å². The van der Waals surface area contributed by atoms with Gasteiger partial charge < -0.3 is 5.32 Å². The molecule has 0 aliphatic carbocycles. The molecule has 118 valence electrons. The highest BCUT2D eigenvalue weighted by atomic mass is 15.2. The fourth-order valence-corrected chi connectivity index (χ4v) is 3.64. The Morgan fingerprint density at radius 2 is 1.95 bits per heavy atom. The molecule has 1 aromatic carbocycles. The third-order valence-electron chi connectivity index (χ3n) is 4.94. The molecule has 2 nitrogen and oxygen atoms in total. The van der Waals surface area contributed by atoms with E-state index >= 15 is 0 Å². The van der Waals surface area contributed by atoms with E-state index in [2.05, 4.69) is 61.3 Å². The molecule has 1 heterocycles. The maximum Gasteiger partial charge on any atom is 0.0332 e. The smallest absolute Gasteiger partial charge is 0.0332 e. The molecular weight excluding hydrogens is 256 g/mol. The minimum Gasteiger partial charge on any atom is -0.310 e. The summed E-state index contributed by atoms with van der Waals surface area (Å²) in [6, 6.07) is 13.0. The van der Waals surface area contributed by atoms with E-state index in [0.717, 1.165) is 18.6 Å². The van der Waals surface area contributed by atoms with Crippen molar-refractivity contribution in [3.63, 3.8) is 0 Å². The molecule has 0 aromatic heterocycles. The fourth-order valence-electron chi connectivity index (χ4n) is 3.64. The molecule has 2 heteroatoms. The summed E-state index contributed by atoms with van der Waals surface area (Å²) in [5.74, 6) is 0. The minimum absolute atomic E-state index is 0.497. The van der Waals surface area contributed by atoms with Crippen molar-refractivity contribution in [2.45, 2.75) is 71.0 Å². The van der Waals surface area contributed by atoms with Crippen molar-refractivity contribution in [3.8, 4) is 0 Å². The lowest BCUT2D eigenvalue weighted by Crippen LogP contribution is -2.37. The van der Waals surface area contributed by atoms with E-state index in [1.807, 2.05) is 0 Å². The van der Waals surface area contributed by atoms with Gasteiger partial charge in [-0.15, -0.1) is 0 Å². The largest absolute Gasteiger partial charge is 0.310 e. The molecule has 0 saturated carbocycles. The summed E-state index contributed by atoms with van der Waals surface area (Å²) in [6.45, 7) is 9.29. The quantitative estimate of drug-likeness (QED) is 0.763. The lowest BCUT2D eigenvalue weighted by atomic mass is 10.0. The summed E-state index contributed by atoms with van der Waals surface area (Å²) in [7, 11) is 0. The number of rotatable bonds is 8. The third-order valence-corrected chi connectivity index (χ3v) is 4.94. The number of nitrogens with zero attached hydrogens (tertiary/aromatic N) is 1. The van der Waals surface area contributed by atoms with Crippen molar-refractivity contribution in [2.75, 3.05) is 13.1 Å². The minimum atomic E-state index is 0.497. The number of hydrogen-bond donors (Lipinski definition) is 1. The first-order chi connectivity index (χ1) is 10.3. The van der Waals surface area contributed by atoms with Gasteiger partial charge in [-0.3, -0.25) is 4.90 Å². The molecule has 1 aliphatic heterocycles. The highest BCUT2D eigenvalue weighted by molar-refractivity contribution is 5.18. The van der Waals surface area contributed by atoms with Gasteiger partial charge >= 0.3 is 0 Å². The van der Waals surface area contributed by atoms with Gasteiger partial charge in [0.1, 0.15) is 0 Å². The zero-order valence-corrected chi connectivity index (χ0v) is 14.0. The molecular formula is C19H32N2. The van der Waals surface area contributed by atoms with Crippen LogP contribution in [-0.2, 0) is 0 Å². The molecule has 0 amide bonds. The highest BCUT2D eigenvalue weighted by Crippen LogP contribution is 2.27. The monoisotopic (exact) mass is 288 g/mol. The van der Waals surface area contributed by atoms with E-state index in [-0.39, 0.29) is 0 Å². The molecule has 1 N–H and O–H groups in total. The van der Waals surface area contributed by atoms with E-state index in [9.17, 15) is 0 Å². The normalized spacial score (nSPS) is 24.3. The van der Waals surface area contributed by atoms with Crippen LogP contribution in [0.5, 0.6) is 0 Å². The molecule has 0 bridgehead atoms. The number of nitrogens with one attached hydrogen (secondary N) is 1. The van der Waals surface area contributed by atoms with Gasteiger partial charge in [0.15, 0.2) is 0 Å². The van der Waals surface area contributed by atoms with Gasteiger partial charge in [0.05, 0.1) is 0 Å². The van der Waals surface area contributed by atoms with E-state index in [1.54, 1.807) is 0 Å². The van der Waals surface area contributed by atoms with Crippen LogP contribution >= 0.6 is 0 Å². The Morgan fingerprint density at radius 1 is 1.19 bits per heavy atom. The molecule has 3 unspecified atom stereocenters. The second-order valence-corrected chi connectivity index (χ2v) is 6.43. The predicted molar refractivity (Wildman–Crippen MR) is 91.6 cm³/mol. The Kier molecular flexibility index (Phi) is 6.72. The van der Waals surface area contributed by atoms with Crippen LogP contribution in [-0.4, -0.2) is 30.1 Å². The first-order valence-corrected chi connectivity index (χ1v) is 8.80. The Morgan fingerprint density at radius 3 is 2.62 bits per heavy atom. The number of benzene rings is 1. The summed E-state index contributed by atoms with van der Waals surface area (Å²) in [6.07, 6.45) is 6.46. The average molecular weight is 288 g/mol. The van der Waals surface area contributed by atoms with Crippen molar-refractivity contribution in [1.82, 2.24) is 10.2 Å². The molecule has 1 fully saturated rings. The maximum atomic E-state index is 3.73. The maximum absolute atomic E-state index is 3.73. The lowest BCUT2D eigenvalue weighted by Gasteiger charge is -2.30. The first kappa shape index (κ1) is 16.5. The van der Waals surface area contributed by atoms with Crippen LogP contribution in [0.1, 0.15) is 64.5 Å². The molecule has 21 heavy (non-hydrogen) atoms. The molecule has 2 rings (SSSR count). The van der Waals surface area contributed by atoms with Crippen LogP contribution in [0.2, 0.25) is 0 Å². The number of hydrogen-bond acceptors (Lipinski definition) is 2. The molecule has 3 atom stereocenters. The average Bonchev–Trinajstić information content (AvgIpc) is 2.88. The summed E-state index contributed by atoms with van der Waals surface area (Å²) in [4.78, 5) is 2.74. The van der Waals surface area contributed by atoms with Crippen LogP contribution in [0, 0.1) is 0 Å². The van der Waals surface area contributed by atoms with Crippen LogP contribution in [0.4, 0.5) is 0 Å². The zero-order chi connectivity index (χ0) is 15.1. The first-order valence-electron chi connectivity index (χ1n) is 8.80. The van der Waals surface area contributed by atoms with Crippen LogP contribution in [0.3, 0.4) is 0 Å². The van der Waals surface area contributed by atoms with Crippen molar-refractivity contribution in [3.05, 3.63) is 35.9 Å². The summed E-state index contributed by atoms with van der Waals surface area (Å²) < 4.78 is 0. The lowest BCUT2D eigenvalue weighted by molar-refractivity contribution is 0.188. The molecule has 0 spiro atoms. The molecule has 1 aromatic rings. The third kappa shape index (κ3) is 4.55. The van der Waals surface area contributed by atoms with Crippen LogP contribution in [0.25, 0.3) is 0 Å². The summed E-state index contributed by atoms with van der Waals surface area (Å²) in [5, 5.41) is 3.73. The van der Waals surface area contributed by atoms with Gasteiger partial charge in [-0.25, -0.2) is 0 Å². The van der Waals surface area contributed by atoms with Gasteiger partial charge in [-0.05, 0) is 51.1 Å². The Balaban J connectivity index is 1.95. The van der Waals surface area contributed by atoms with E-state index in [4.69, 9.17) is 0 Å². The molecule has 1 aliphatic rings. The summed E-state index contributed by atoms with van der Waals surface area (Å²) in [5.41, 5.74) is 1.44. The Labute approximate surface area is 130 Å². The molecule has 1 saturated heterocycles. The van der Waals surface area contributed by atoms with E-state index < -0.39 is 0 Å². The summed E-state index contributed by atoms with van der Waals surface area (Å²) >= 11 is 0. The zero-order valence-electron chi connectivity index (χ0n) is 14.0. The second-order valence-electron chi connectivity index (χ2n) is 6.43. The van der Waals surface area contributed by atoms with Crippen LogP contribution in [0.15, 0.2) is 30.3 Å². The van der Waals surface area contributed by atoms with Crippen molar-refractivity contribution >= 4 is 0 Å². The Hall–Kier alpha value is -0.860. The van der Waals surface area contributed by atoms with Crippen molar-refractivity contribution in [1.29, 1.82) is 0 Å². The van der Waals surface area contributed by atoms with Crippen molar-refractivity contribution < 1.29 is 0 Å². The van der Waals surface area contributed by atoms with Gasteiger partial charge in [0, 0.05) is 24.7 Å². The van der Waals surface area contributed by atoms with Crippen molar-refractivity contribution in [2.24, 2.45) is 0 Å². The van der Waals surface area contributed by atoms with Gasteiger partial charge in [0.2, 0.25) is 0 Å². The fraction of sp³-hybridized carbons (Fsp3) is 0.684. The Bertz CT molecular complexity index is 390. The second kappa shape index (κ2) is 8.55. The van der Waals surface area contributed by atoms with E-state index in [1.165, 1.54) is 44.2 Å². The van der Waals surface area contributed by atoms with Gasteiger partial charge in [0.25, 0.3) is 0 Å². The van der Waals surface area contributed by atoms with Crippen LogP contribution < -0.4 is 5.32 Å². The standard InChI is InChI=1S/C19H32N2/c1-4-14-20-19(17-9-7-6-8-10-17)13-15-21-16(3)11-12-18(21)5-2/h6-10,16,18-20H,4-5,11-15H2,1-3H3. The molecule has 0 radical (unpaired) electrons. The van der Waals surface area contributed by atoms with Gasteiger partial charge in [-0.1, -0.05) is 44.2 Å². The predicted octanol–water partition coefficient (Wildman–Crippen LogP) is 4.38. The number of likely N-dealkylation sites (tertiary alicyclic amines) is 1. The topological polar surface area (TPSA) is 15.3 Å². The van der Waals surface area contributed by atoms with E-state index in [0.29, 0.717) is 6.04 Å².